The van der Waals surface area contributed by atoms with Gasteiger partial charge in [0.1, 0.15) is 5.82 Å². The topological polar surface area (TPSA) is 63.4 Å². The Hall–Kier alpha value is -1.34. The van der Waals surface area contributed by atoms with Gasteiger partial charge in [0.15, 0.2) is 8.32 Å². The number of aryl methyl sites for hydroxylation is 1. The molecule has 0 aromatic heterocycles. The van der Waals surface area contributed by atoms with Crippen LogP contribution in [0.15, 0.2) is 12.1 Å². The summed E-state index contributed by atoms with van der Waals surface area (Å²) in [4.78, 5) is 19.9. The number of benzene rings is 1. The average Bonchev–Trinajstić information content (AvgIpc) is 2.25. The predicted octanol–water partition coefficient (Wildman–Crippen LogP) is 3.78. The molecule has 0 bridgehead atoms. The second kappa shape index (κ2) is 5.57. The molecular weight excluding hydrogens is 284 g/mol. The van der Waals surface area contributed by atoms with Gasteiger partial charge in [0.25, 0.3) is 0 Å². The molecule has 0 unspecified atom stereocenters. The molecule has 20 heavy (non-hydrogen) atoms. The van der Waals surface area contributed by atoms with Gasteiger partial charge in [-0.05, 0) is 36.5 Å². The Morgan fingerprint density at radius 1 is 1.30 bits per heavy atom. The summed E-state index contributed by atoms with van der Waals surface area (Å²) in [6.45, 7) is 7.34. The number of hydrogen-bond acceptors (Lipinski definition) is 3. The van der Waals surface area contributed by atoms with Crippen molar-refractivity contribution < 1.29 is 18.5 Å². The molecule has 0 heterocycles. The molecule has 0 spiro atoms. The Labute approximate surface area is 117 Å². The zero-order valence-corrected chi connectivity index (χ0v) is 13.0. The highest BCUT2D eigenvalue weighted by Gasteiger charge is 2.37. The Kier molecular flexibility index (Phi) is 4.65. The summed E-state index contributed by atoms with van der Waals surface area (Å²) in [6.07, 6.45) is 0.694. The van der Waals surface area contributed by atoms with Gasteiger partial charge >= 0.3 is 5.69 Å². The molecule has 0 saturated heterocycles. The molecule has 0 amide bonds. The van der Waals surface area contributed by atoms with Crippen LogP contribution in [0.2, 0.25) is 18.1 Å². The number of rotatable bonds is 5. The summed E-state index contributed by atoms with van der Waals surface area (Å²) in [7, 11) is -2.43. The molecule has 0 radical (unpaired) electrons. The SMILES string of the molecule is CC(C)(CCc1cc([N+](=O)[O-])c(F)cc1F)[Si](C)(C)O. The Bertz CT molecular complexity index is 527. The van der Waals surface area contributed by atoms with Crippen molar-refractivity contribution in [1.29, 1.82) is 0 Å². The molecule has 0 atom stereocenters. The molecule has 1 aromatic rings. The summed E-state index contributed by atoms with van der Waals surface area (Å²) in [5.41, 5.74) is -0.621. The van der Waals surface area contributed by atoms with Crippen molar-refractivity contribution in [2.24, 2.45) is 0 Å². The van der Waals surface area contributed by atoms with Crippen LogP contribution in [0.5, 0.6) is 0 Å². The molecule has 1 aromatic carbocycles. The molecular formula is C13H19F2NO3Si. The number of nitrogens with zero attached hydrogens (tertiary/aromatic N) is 1. The van der Waals surface area contributed by atoms with Crippen LogP contribution in [0, 0.1) is 21.7 Å². The van der Waals surface area contributed by atoms with E-state index in [0.717, 1.165) is 6.07 Å². The Morgan fingerprint density at radius 3 is 2.30 bits per heavy atom. The van der Waals surface area contributed by atoms with Crippen molar-refractivity contribution in [2.75, 3.05) is 0 Å². The van der Waals surface area contributed by atoms with Crippen molar-refractivity contribution in [1.82, 2.24) is 0 Å². The van der Waals surface area contributed by atoms with Gasteiger partial charge in [-0.1, -0.05) is 13.8 Å². The number of hydrogen-bond donors (Lipinski definition) is 1. The quantitative estimate of drug-likeness (QED) is 0.511. The minimum absolute atomic E-state index is 0.101. The highest BCUT2D eigenvalue weighted by atomic mass is 28.4. The molecule has 1 N–H and O–H groups in total. The third-order valence-electron chi connectivity index (χ3n) is 3.99. The van der Waals surface area contributed by atoms with Crippen molar-refractivity contribution in [3.05, 3.63) is 39.4 Å². The smallest absolute Gasteiger partial charge is 0.305 e. The second-order valence-electron chi connectivity index (χ2n) is 6.10. The van der Waals surface area contributed by atoms with E-state index in [9.17, 15) is 23.7 Å². The van der Waals surface area contributed by atoms with E-state index < -0.39 is 30.6 Å². The lowest BCUT2D eigenvalue weighted by atomic mass is 10.0. The fourth-order valence-corrected chi connectivity index (χ4v) is 2.40. The van der Waals surface area contributed by atoms with Gasteiger partial charge in [-0.3, -0.25) is 10.1 Å². The number of nitro benzene ring substituents is 1. The molecule has 1 rings (SSSR count). The monoisotopic (exact) mass is 303 g/mol. The van der Waals surface area contributed by atoms with Gasteiger partial charge in [-0.25, -0.2) is 4.39 Å². The van der Waals surface area contributed by atoms with Crippen LogP contribution < -0.4 is 0 Å². The van der Waals surface area contributed by atoms with Crippen LogP contribution in [0.1, 0.15) is 25.8 Å². The van der Waals surface area contributed by atoms with E-state index in [1.807, 2.05) is 13.8 Å². The first-order chi connectivity index (χ1) is 8.95. The maximum absolute atomic E-state index is 13.7. The van der Waals surface area contributed by atoms with Crippen molar-refractivity contribution in [3.8, 4) is 0 Å². The first-order valence-corrected chi connectivity index (χ1v) is 9.25. The maximum atomic E-state index is 13.7. The van der Waals surface area contributed by atoms with E-state index in [1.165, 1.54) is 0 Å². The van der Waals surface area contributed by atoms with E-state index >= 15 is 0 Å². The predicted molar refractivity (Wildman–Crippen MR) is 75.1 cm³/mol. The highest BCUT2D eigenvalue weighted by Crippen LogP contribution is 2.40. The van der Waals surface area contributed by atoms with Crippen LogP contribution in [0.3, 0.4) is 0 Å². The Morgan fingerprint density at radius 2 is 1.85 bits per heavy atom. The highest BCUT2D eigenvalue weighted by molar-refractivity contribution is 6.72. The van der Waals surface area contributed by atoms with Crippen molar-refractivity contribution >= 4 is 14.0 Å². The second-order valence-corrected chi connectivity index (χ2v) is 10.6. The molecule has 7 heteroatoms. The molecule has 0 aliphatic rings. The lowest BCUT2D eigenvalue weighted by molar-refractivity contribution is -0.387. The minimum atomic E-state index is -2.43. The first-order valence-electron chi connectivity index (χ1n) is 6.30. The lowest BCUT2D eigenvalue weighted by Crippen LogP contribution is -2.39. The standard InChI is InChI=1S/C13H19F2NO3Si/c1-13(2,20(3,4)19)6-5-9-7-12(16(17)18)11(15)8-10(9)14/h7-8,19H,5-6H2,1-4H3. The van der Waals surface area contributed by atoms with Crippen molar-refractivity contribution in [2.45, 2.75) is 44.8 Å². The third kappa shape index (κ3) is 3.60. The molecule has 0 aliphatic carbocycles. The largest absolute Gasteiger partial charge is 0.432 e. The fourth-order valence-electron chi connectivity index (χ4n) is 1.67. The Balaban J connectivity index is 3.00. The summed E-state index contributed by atoms with van der Waals surface area (Å²) < 4.78 is 26.9. The summed E-state index contributed by atoms with van der Waals surface area (Å²) in [5, 5.41) is 10.3. The van der Waals surface area contributed by atoms with Crippen LogP contribution in [-0.2, 0) is 6.42 Å². The number of nitro groups is 1. The van der Waals surface area contributed by atoms with Crippen LogP contribution >= 0.6 is 0 Å². The van der Waals surface area contributed by atoms with E-state index in [0.29, 0.717) is 12.5 Å². The molecule has 0 aliphatic heterocycles. The normalized spacial score (nSPS) is 12.6. The average molecular weight is 303 g/mol. The first kappa shape index (κ1) is 16.7. The van der Waals surface area contributed by atoms with Crippen LogP contribution in [0.4, 0.5) is 14.5 Å². The third-order valence-corrected chi connectivity index (χ3v) is 7.55. The maximum Gasteiger partial charge on any atom is 0.305 e. The van der Waals surface area contributed by atoms with Crippen LogP contribution in [0.25, 0.3) is 0 Å². The zero-order chi connectivity index (χ0) is 15.7. The molecule has 4 nitrogen and oxygen atoms in total. The van der Waals surface area contributed by atoms with Gasteiger partial charge in [0, 0.05) is 12.1 Å². The summed E-state index contributed by atoms with van der Waals surface area (Å²) in [5.74, 6) is -1.96. The fraction of sp³-hybridized carbons (Fsp3) is 0.538. The van der Waals surface area contributed by atoms with Gasteiger partial charge in [0.05, 0.1) is 4.92 Å². The summed E-state index contributed by atoms with van der Waals surface area (Å²) in [6, 6.07) is 1.48. The van der Waals surface area contributed by atoms with Crippen molar-refractivity contribution in [3.63, 3.8) is 0 Å². The zero-order valence-electron chi connectivity index (χ0n) is 12.0. The molecule has 112 valence electrons. The molecule has 0 fully saturated rings. The van der Waals surface area contributed by atoms with E-state index in [2.05, 4.69) is 0 Å². The summed E-state index contributed by atoms with van der Waals surface area (Å²) >= 11 is 0. The number of halogens is 2. The lowest BCUT2D eigenvalue weighted by Gasteiger charge is -2.35. The van der Waals surface area contributed by atoms with Gasteiger partial charge in [-0.15, -0.1) is 0 Å². The van der Waals surface area contributed by atoms with Gasteiger partial charge < -0.3 is 4.80 Å². The van der Waals surface area contributed by atoms with Crippen LogP contribution in [-0.4, -0.2) is 18.0 Å². The van der Waals surface area contributed by atoms with E-state index in [1.54, 1.807) is 13.1 Å². The van der Waals surface area contributed by atoms with E-state index in [4.69, 9.17) is 0 Å². The minimum Gasteiger partial charge on any atom is -0.432 e. The van der Waals surface area contributed by atoms with Gasteiger partial charge in [-0.2, -0.15) is 4.39 Å². The molecule has 0 saturated carbocycles. The van der Waals surface area contributed by atoms with E-state index in [-0.39, 0.29) is 17.0 Å². The van der Waals surface area contributed by atoms with Gasteiger partial charge in [0.2, 0.25) is 5.82 Å².